The van der Waals surface area contributed by atoms with Crippen LogP contribution in [-0.4, -0.2) is 46.0 Å². The zero-order valence-electron chi connectivity index (χ0n) is 60.1. The number of hydrogen-bond acceptors (Lipinski definition) is 8. The van der Waals surface area contributed by atoms with Crippen LogP contribution in [0.15, 0.2) is 207 Å². The van der Waals surface area contributed by atoms with Crippen LogP contribution in [-0.2, 0) is 129 Å². The molecule has 11 nitrogen and oxygen atoms in total. The fourth-order valence-corrected chi connectivity index (χ4v) is 11.9. The van der Waals surface area contributed by atoms with Gasteiger partial charge >= 0.3 is 27.0 Å². The van der Waals surface area contributed by atoms with Gasteiger partial charge in [-0.15, -0.1) is 94.4 Å². The summed E-state index contributed by atoms with van der Waals surface area (Å²) in [4.78, 5) is 50.8. The molecule has 0 spiro atoms. The van der Waals surface area contributed by atoms with Crippen LogP contribution < -0.4 is 9.97 Å². The van der Waals surface area contributed by atoms with Gasteiger partial charge in [-0.25, -0.2) is 19.7 Å². The first-order valence-corrected chi connectivity index (χ1v) is 34.0. The number of rotatable bonds is 13. The van der Waals surface area contributed by atoms with E-state index in [1.807, 2.05) is 42.5 Å². The van der Waals surface area contributed by atoms with Gasteiger partial charge in [0, 0.05) is 148 Å². The van der Waals surface area contributed by atoms with Crippen molar-refractivity contribution in [3.63, 3.8) is 0 Å². The molecule has 0 atom stereocenters. The molecule has 2 radical (unpaired) electrons. The van der Waals surface area contributed by atoms with Crippen LogP contribution >= 0.6 is 0 Å². The number of nitrogens with zero attached hydrogens (tertiary/aromatic N) is 9. The van der Waals surface area contributed by atoms with Gasteiger partial charge in [0.25, 0.3) is 0 Å². The molecule has 8 aromatic heterocycles. The molecule has 8 bridgehead atoms. The molecule has 12 aromatic rings. The zero-order chi connectivity index (χ0) is 73.4. The summed E-state index contributed by atoms with van der Waals surface area (Å²) in [6, 6.07) is 59.1. The van der Waals surface area contributed by atoms with Gasteiger partial charge in [0.1, 0.15) is 5.69 Å². The normalized spacial score (nSPS) is 10.8. The maximum absolute atomic E-state index is 13.2. The molecule has 2 aliphatic rings. The summed E-state index contributed by atoms with van der Waals surface area (Å²) in [6.07, 6.45) is 15.5. The van der Waals surface area contributed by atoms with Crippen molar-refractivity contribution >= 4 is 50.3 Å². The van der Waals surface area contributed by atoms with Gasteiger partial charge in [-0.05, 0) is 133 Å². The molecular weight excluding hydrogens is 2270 g/mol. The van der Waals surface area contributed by atoms with Crippen molar-refractivity contribution in [2.45, 2.75) is 107 Å². The number of pyridine rings is 5. The average Bonchev–Trinajstić information content (AvgIpc) is 1.61. The minimum atomic E-state index is -0.990. The Morgan fingerprint density at radius 3 is 0.870 bits per heavy atom. The Balaban J connectivity index is 0.000000300. The van der Waals surface area contributed by atoms with Crippen LogP contribution in [0.2, 0.25) is 0 Å². The van der Waals surface area contributed by atoms with Crippen molar-refractivity contribution in [1.82, 2.24) is 44.9 Å². The number of aromatic nitrogens is 9. The van der Waals surface area contributed by atoms with Crippen LogP contribution in [0.4, 0.5) is 26.3 Å². The topological polar surface area (TPSA) is 156 Å². The smallest absolute Gasteiger partial charge is 0.657 e. The molecule has 0 saturated carbocycles. The molecule has 108 heavy (non-hydrogen) atoms. The second kappa shape index (κ2) is 46.2. The molecule has 0 aliphatic carbocycles. The Morgan fingerprint density at radius 2 is 0.648 bits per heavy atom. The third-order valence-electron chi connectivity index (χ3n) is 16.7. The summed E-state index contributed by atoms with van der Waals surface area (Å²) in [7, 11) is 0. The third kappa shape index (κ3) is 24.1. The van der Waals surface area contributed by atoms with Crippen LogP contribution in [0.25, 0.3) is 89.4 Å². The molecular formula is C86H75F6Ir2N9O2Pt3-4. The van der Waals surface area contributed by atoms with E-state index in [0.717, 1.165) is 144 Å². The number of allylic oxidation sites excluding steroid dienone is 4. The molecule has 570 valence electrons. The van der Waals surface area contributed by atoms with Crippen LogP contribution in [0.5, 0.6) is 0 Å². The standard InChI is InChI=1S/C36H44N4.3C11H6F2N.C11H8N.C6H5NO2.2Ir.3Pt/c1-9-21-22(10-2)30-18-32-25(13-5)26(14-6)34(39-32)20-36-28(16-8)27(15-7)35(40-36)19-33-24(12-4)23(11-3)31(38-33)17-29(21)37-30;3*12-8-4-5-9(10(13)7-8)11-3-1-2-6-14-11;1-2-6-10(7-3-1)11-8-4-5-9-12-11;8-6(9)5-3-1-2-4-7-5;;;;;/h17-20H,9-16H2,1-8H3;3*1-4,6-7H;1-6,8-9H;1-4H,(H,8,9);;;;;/q-2;4*-1;;;;;;+2. The van der Waals surface area contributed by atoms with Crippen LogP contribution in [0.1, 0.15) is 137 Å². The summed E-state index contributed by atoms with van der Waals surface area (Å²) >= 11 is 0. The molecule has 0 fully saturated rings. The van der Waals surface area contributed by atoms with Gasteiger partial charge in [-0.1, -0.05) is 191 Å². The van der Waals surface area contributed by atoms with Crippen molar-refractivity contribution in [2.75, 3.05) is 0 Å². The van der Waals surface area contributed by atoms with E-state index in [2.05, 4.69) is 129 Å². The van der Waals surface area contributed by atoms with Gasteiger partial charge in [0.05, 0.1) is 22.8 Å². The van der Waals surface area contributed by atoms with E-state index in [9.17, 15) is 31.1 Å². The van der Waals surface area contributed by atoms with E-state index in [1.165, 1.54) is 56.8 Å². The minimum absolute atomic E-state index is 0. The first-order chi connectivity index (χ1) is 50.0. The Morgan fingerprint density at radius 1 is 0.361 bits per heavy atom. The Labute approximate surface area is 697 Å². The van der Waals surface area contributed by atoms with E-state index in [0.29, 0.717) is 17.1 Å². The number of carboxylic acid groups (broad SMARTS) is 1. The predicted octanol–water partition coefficient (Wildman–Crippen LogP) is 21.1. The largest absolute Gasteiger partial charge is 2.00 e. The molecule has 0 saturated heterocycles. The van der Waals surface area contributed by atoms with Gasteiger partial charge in [-0.2, -0.15) is 0 Å². The number of carboxylic acids is 1. The number of aryl methyl sites for hydroxylation is 4. The van der Waals surface area contributed by atoms with Gasteiger partial charge < -0.3 is 35.0 Å². The maximum Gasteiger partial charge on any atom is 2.00 e. The van der Waals surface area contributed by atoms with Crippen LogP contribution in [0.3, 0.4) is 0 Å². The minimum Gasteiger partial charge on any atom is -0.657 e. The summed E-state index contributed by atoms with van der Waals surface area (Å²) in [5, 5.41) is 8.32. The van der Waals surface area contributed by atoms with Crippen LogP contribution in [0, 0.1) is 59.2 Å². The molecule has 22 heteroatoms. The van der Waals surface area contributed by atoms with E-state index >= 15 is 0 Å². The Kier molecular flexibility index (Phi) is 39.4. The van der Waals surface area contributed by atoms with Gasteiger partial charge in [-0.3, -0.25) is 26.3 Å². The SMILES string of the molecule is CCC1=C(CC)c2cc3[n-]c(cc4nc(cc5[n-]c(cc1n2)c(CC)c5CC)C(CC)=C4CC)c(CC)c3CC.Fc1c[c-]c(-c2ccccn2)c(F)c1.Fc1c[c-]c(-c2ccccn2)c(F)c1.Fc1c[c-]c(-c2ccccn2)c(F)c1.O=C(O)c1ccccn1.[Ir].[Ir].[Pt+2].[Pt].[Pt].[c-]1ccccc1-c1ccccn1. The molecule has 2 aliphatic heterocycles. The maximum atomic E-state index is 13.2. The molecule has 0 unspecified atom stereocenters. The van der Waals surface area contributed by atoms with Crippen molar-refractivity contribution in [3.05, 3.63) is 317 Å². The number of hydrogen-bond donors (Lipinski definition) is 1. The molecule has 1 N–H and O–H groups in total. The number of aromatic carboxylic acids is 1. The van der Waals surface area contributed by atoms with E-state index < -0.39 is 40.9 Å². The summed E-state index contributed by atoms with van der Waals surface area (Å²) < 4.78 is 77.4. The van der Waals surface area contributed by atoms with E-state index in [-0.39, 0.29) is 126 Å². The first kappa shape index (κ1) is 92.0. The predicted molar refractivity (Wildman–Crippen MR) is 396 cm³/mol. The molecule has 0 amide bonds. The van der Waals surface area contributed by atoms with E-state index in [1.54, 1.807) is 91.5 Å². The number of halogens is 6. The second-order valence-electron chi connectivity index (χ2n) is 23.0. The van der Waals surface area contributed by atoms with Crippen molar-refractivity contribution in [2.24, 2.45) is 0 Å². The summed E-state index contributed by atoms with van der Waals surface area (Å²) in [6.45, 7) is 17.9. The first-order valence-electron chi connectivity index (χ1n) is 34.0. The van der Waals surface area contributed by atoms with Crippen molar-refractivity contribution < 1.29 is 140 Å². The summed E-state index contributed by atoms with van der Waals surface area (Å²) in [5.74, 6) is -4.85. The monoisotopic (exact) mass is 2350 g/mol. The fourth-order valence-electron chi connectivity index (χ4n) is 11.9. The quantitative estimate of drug-likeness (QED) is 0.0866. The fraction of sp³-hybridized carbons (Fsp3) is 0.186. The Hall–Kier alpha value is -8.36. The zero-order valence-corrected chi connectivity index (χ0v) is 71.7. The Bertz CT molecular complexity index is 4610. The molecule has 14 rings (SSSR count). The summed E-state index contributed by atoms with van der Waals surface area (Å²) in [5.41, 5.74) is 23.1. The van der Waals surface area contributed by atoms with Gasteiger partial charge in [0.2, 0.25) is 0 Å². The average molecular weight is 2350 g/mol. The third-order valence-corrected chi connectivity index (χ3v) is 16.7. The van der Waals surface area contributed by atoms with E-state index in [4.69, 9.17) is 25.0 Å². The number of benzene rings is 4. The number of carbonyl (C=O) groups is 1. The van der Waals surface area contributed by atoms with Crippen molar-refractivity contribution in [1.29, 1.82) is 0 Å². The molecule has 10 heterocycles. The van der Waals surface area contributed by atoms with Gasteiger partial charge in [0.15, 0.2) is 0 Å². The second-order valence-corrected chi connectivity index (χ2v) is 23.0. The number of fused-ring (bicyclic) bond motifs is 8. The molecule has 4 aromatic carbocycles. The van der Waals surface area contributed by atoms with Crippen molar-refractivity contribution in [3.8, 4) is 45.0 Å².